The zero-order valence-corrected chi connectivity index (χ0v) is 11.8. The number of ether oxygens (including phenoxy) is 2. The molecule has 2 atom stereocenters. The smallest absolute Gasteiger partial charge is 0.165 e. The van der Waals surface area contributed by atoms with Gasteiger partial charge in [0.15, 0.2) is 11.6 Å². The maximum atomic E-state index is 14.0. The summed E-state index contributed by atoms with van der Waals surface area (Å²) in [5, 5.41) is 9.44. The van der Waals surface area contributed by atoms with Crippen molar-refractivity contribution in [1.82, 2.24) is 0 Å². The SMILES string of the molecule is C[C@H](O)c1ccc(OC2CCOC3(CCC3)C2)c(F)c1. The number of hydrogen-bond donors (Lipinski definition) is 1. The van der Waals surface area contributed by atoms with E-state index in [1.807, 2.05) is 0 Å². The van der Waals surface area contributed by atoms with Crippen LogP contribution in [-0.4, -0.2) is 23.4 Å². The molecule has 3 rings (SSSR count). The van der Waals surface area contributed by atoms with E-state index in [2.05, 4.69) is 0 Å². The molecular weight excluding hydrogens is 259 g/mol. The lowest BCUT2D eigenvalue weighted by molar-refractivity contribution is -0.153. The highest BCUT2D eigenvalue weighted by atomic mass is 19.1. The number of rotatable bonds is 3. The minimum atomic E-state index is -0.667. The average molecular weight is 280 g/mol. The van der Waals surface area contributed by atoms with Crippen LogP contribution in [0.15, 0.2) is 18.2 Å². The Kier molecular flexibility index (Phi) is 3.69. The molecule has 2 fully saturated rings. The van der Waals surface area contributed by atoms with Crippen LogP contribution in [0.4, 0.5) is 4.39 Å². The van der Waals surface area contributed by atoms with E-state index in [4.69, 9.17) is 9.47 Å². The van der Waals surface area contributed by atoms with Crippen LogP contribution in [0.1, 0.15) is 50.7 Å². The van der Waals surface area contributed by atoms with Crippen molar-refractivity contribution in [2.45, 2.75) is 56.8 Å². The summed E-state index contributed by atoms with van der Waals surface area (Å²) >= 11 is 0. The van der Waals surface area contributed by atoms with Crippen LogP contribution in [0.25, 0.3) is 0 Å². The summed E-state index contributed by atoms with van der Waals surface area (Å²) in [7, 11) is 0. The van der Waals surface area contributed by atoms with Crippen LogP contribution >= 0.6 is 0 Å². The second-order valence-electron chi connectivity index (χ2n) is 5.98. The molecule has 1 N–H and O–H groups in total. The number of benzene rings is 1. The van der Waals surface area contributed by atoms with Gasteiger partial charge in [0.25, 0.3) is 0 Å². The lowest BCUT2D eigenvalue weighted by Gasteiger charge is -2.46. The zero-order chi connectivity index (χ0) is 14.2. The Balaban J connectivity index is 1.68. The molecule has 2 aliphatic rings. The molecule has 3 nitrogen and oxygen atoms in total. The van der Waals surface area contributed by atoms with E-state index in [1.165, 1.54) is 12.5 Å². The molecule has 1 aliphatic heterocycles. The minimum Gasteiger partial charge on any atom is -0.487 e. The molecule has 0 aromatic heterocycles. The van der Waals surface area contributed by atoms with E-state index in [0.29, 0.717) is 12.2 Å². The molecule has 1 saturated heterocycles. The molecule has 0 bridgehead atoms. The van der Waals surface area contributed by atoms with Gasteiger partial charge in [0.2, 0.25) is 0 Å². The summed E-state index contributed by atoms with van der Waals surface area (Å²) < 4.78 is 25.6. The van der Waals surface area contributed by atoms with E-state index in [1.54, 1.807) is 19.1 Å². The highest BCUT2D eigenvalue weighted by Crippen LogP contribution is 2.43. The number of aliphatic hydroxyl groups is 1. The van der Waals surface area contributed by atoms with Crippen molar-refractivity contribution in [2.24, 2.45) is 0 Å². The standard InChI is InChI=1S/C16H21FO3/c1-11(18)12-3-4-15(14(17)9-12)20-13-5-8-19-16(10-13)6-2-7-16/h3-4,9,11,13,18H,2,5-8,10H2,1H3/t11-,13?/m0/s1. The summed E-state index contributed by atoms with van der Waals surface area (Å²) in [5.74, 6) is -0.131. The topological polar surface area (TPSA) is 38.7 Å². The third kappa shape index (κ3) is 2.67. The molecule has 1 aromatic rings. The molecule has 0 radical (unpaired) electrons. The van der Waals surface area contributed by atoms with Crippen molar-refractivity contribution >= 4 is 0 Å². The zero-order valence-electron chi connectivity index (χ0n) is 11.8. The van der Waals surface area contributed by atoms with Crippen molar-refractivity contribution < 1.29 is 19.0 Å². The first kappa shape index (κ1) is 13.8. The fraction of sp³-hybridized carbons (Fsp3) is 0.625. The molecule has 1 heterocycles. The van der Waals surface area contributed by atoms with Crippen LogP contribution in [-0.2, 0) is 4.74 Å². The number of halogens is 1. The van der Waals surface area contributed by atoms with Crippen molar-refractivity contribution in [3.8, 4) is 5.75 Å². The summed E-state index contributed by atoms with van der Waals surface area (Å²) in [6.45, 7) is 2.31. The predicted molar refractivity (Wildman–Crippen MR) is 73.2 cm³/mol. The lowest BCUT2D eigenvalue weighted by Crippen LogP contribution is -2.48. The summed E-state index contributed by atoms with van der Waals surface area (Å²) in [4.78, 5) is 0. The molecule has 20 heavy (non-hydrogen) atoms. The Hall–Kier alpha value is -1.13. The predicted octanol–water partition coefficient (Wildman–Crippen LogP) is 3.36. The molecule has 1 spiro atoms. The Morgan fingerprint density at radius 2 is 2.25 bits per heavy atom. The first-order valence-electron chi connectivity index (χ1n) is 7.36. The van der Waals surface area contributed by atoms with Gasteiger partial charge in [0.1, 0.15) is 6.10 Å². The van der Waals surface area contributed by atoms with Crippen LogP contribution in [0.3, 0.4) is 0 Å². The van der Waals surface area contributed by atoms with Gasteiger partial charge in [-0.25, -0.2) is 4.39 Å². The second kappa shape index (κ2) is 5.34. The average Bonchev–Trinajstić information content (AvgIpc) is 2.39. The highest BCUT2D eigenvalue weighted by Gasteiger charge is 2.43. The van der Waals surface area contributed by atoms with Gasteiger partial charge in [-0.1, -0.05) is 6.07 Å². The van der Waals surface area contributed by atoms with Crippen LogP contribution < -0.4 is 4.74 Å². The normalized spacial score (nSPS) is 26.1. The van der Waals surface area contributed by atoms with Crippen molar-refractivity contribution in [1.29, 1.82) is 0 Å². The van der Waals surface area contributed by atoms with Gasteiger partial charge in [-0.3, -0.25) is 0 Å². The number of aliphatic hydroxyl groups excluding tert-OH is 1. The first-order chi connectivity index (χ1) is 9.58. The van der Waals surface area contributed by atoms with E-state index >= 15 is 0 Å². The lowest BCUT2D eigenvalue weighted by atomic mass is 9.74. The second-order valence-corrected chi connectivity index (χ2v) is 5.98. The van der Waals surface area contributed by atoms with Crippen molar-refractivity contribution in [3.63, 3.8) is 0 Å². The van der Waals surface area contributed by atoms with Gasteiger partial charge in [-0.2, -0.15) is 0 Å². The summed E-state index contributed by atoms with van der Waals surface area (Å²) in [6, 6.07) is 4.67. The minimum absolute atomic E-state index is 0.00105. The summed E-state index contributed by atoms with van der Waals surface area (Å²) in [6.07, 6.45) is 4.41. The largest absolute Gasteiger partial charge is 0.487 e. The van der Waals surface area contributed by atoms with Gasteiger partial charge in [0, 0.05) is 12.8 Å². The van der Waals surface area contributed by atoms with Crippen molar-refractivity contribution in [3.05, 3.63) is 29.6 Å². The Morgan fingerprint density at radius 1 is 1.45 bits per heavy atom. The Labute approximate surface area is 118 Å². The maximum absolute atomic E-state index is 14.0. The molecule has 1 aromatic carbocycles. The molecular formula is C16H21FO3. The van der Waals surface area contributed by atoms with Gasteiger partial charge in [-0.15, -0.1) is 0 Å². The monoisotopic (exact) mass is 280 g/mol. The fourth-order valence-corrected chi connectivity index (χ4v) is 3.06. The molecule has 1 unspecified atom stereocenters. The fourth-order valence-electron chi connectivity index (χ4n) is 3.06. The van der Waals surface area contributed by atoms with Crippen molar-refractivity contribution in [2.75, 3.05) is 6.61 Å². The first-order valence-corrected chi connectivity index (χ1v) is 7.36. The van der Waals surface area contributed by atoms with Gasteiger partial charge >= 0.3 is 0 Å². The molecule has 0 amide bonds. The van der Waals surface area contributed by atoms with Crippen LogP contribution in [0, 0.1) is 5.82 Å². The third-order valence-corrected chi connectivity index (χ3v) is 4.44. The third-order valence-electron chi connectivity index (χ3n) is 4.44. The van der Waals surface area contributed by atoms with E-state index in [-0.39, 0.29) is 17.5 Å². The Morgan fingerprint density at radius 3 is 2.85 bits per heavy atom. The van der Waals surface area contributed by atoms with Crippen LogP contribution in [0.2, 0.25) is 0 Å². The number of hydrogen-bond acceptors (Lipinski definition) is 3. The van der Waals surface area contributed by atoms with E-state index in [9.17, 15) is 9.50 Å². The Bertz CT molecular complexity index is 483. The highest BCUT2D eigenvalue weighted by molar-refractivity contribution is 5.30. The van der Waals surface area contributed by atoms with E-state index in [0.717, 1.165) is 25.7 Å². The molecule has 4 heteroatoms. The maximum Gasteiger partial charge on any atom is 0.165 e. The summed E-state index contributed by atoms with van der Waals surface area (Å²) in [5.41, 5.74) is 0.566. The molecule has 110 valence electrons. The van der Waals surface area contributed by atoms with Gasteiger partial charge in [0.05, 0.1) is 18.3 Å². The van der Waals surface area contributed by atoms with Gasteiger partial charge < -0.3 is 14.6 Å². The van der Waals surface area contributed by atoms with Gasteiger partial charge in [-0.05, 0) is 43.9 Å². The quantitative estimate of drug-likeness (QED) is 0.922. The molecule has 1 aliphatic carbocycles. The molecule has 1 saturated carbocycles. The van der Waals surface area contributed by atoms with E-state index < -0.39 is 11.9 Å². The van der Waals surface area contributed by atoms with Crippen LogP contribution in [0.5, 0.6) is 5.75 Å².